The second-order valence-electron chi connectivity index (χ2n) is 6.95. The molecule has 0 radical (unpaired) electrons. The Bertz CT molecular complexity index is 1270. The standard InChI is InChI=1S/C23H18ClFN4O2S/c1-29-11-10-26-21(29)20(15-5-2-3-6-17(15)25)28-22(30)14-8-9-16(24)18(13-14)27-23(31)19-7-4-12-32-19/h2-13,20H,1H3,(H,27,31)(H,28,30). The maximum Gasteiger partial charge on any atom is 0.265 e. The zero-order valence-electron chi connectivity index (χ0n) is 16.9. The molecule has 2 aromatic carbocycles. The Morgan fingerprint density at radius 3 is 2.62 bits per heavy atom. The van der Waals surface area contributed by atoms with Crippen molar-refractivity contribution in [3.05, 3.63) is 105 Å². The van der Waals surface area contributed by atoms with E-state index in [0.717, 1.165) is 0 Å². The van der Waals surface area contributed by atoms with E-state index in [1.807, 2.05) is 0 Å². The molecule has 0 aliphatic rings. The number of carbonyl (C=O) groups excluding carboxylic acids is 2. The highest BCUT2D eigenvalue weighted by molar-refractivity contribution is 7.12. The molecule has 0 saturated heterocycles. The highest BCUT2D eigenvalue weighted by Gasteiger charge is 2.24. The summed E-state index contributed by atoms with van der Waals surface area (Å²) in [7, 11) is 1.77. The van der Waals surface area contributed by atoms with Gasteiger partial charge in [0.15, 0.2) is 0 Å². The molecule has 1 unspecified atom stereocenters. The molecule has 9 heteroatoms. The highest BCUT2D eigenvalue weighted by atomic mass is 35.5. The van der Waals surface area contributed by atoms with Crippen molar-refractivity contribution in [1.29, 1.82) is 0 Å². The number of rotatable bonds is 6. The third-order valence-corrected chi connectivity index (χ3v) is 6.03. The number of hydrogen-bond donors (Lipinski definition) is 2. The Hall–Kier alpha value is -3.49. The van der Waals surface area contributed by atoms with E-state index < -0.39 is 17.8 Å². The minimum atomic E-state index is -0.816. The van der Waals surface area contributed by atoms with Crippen LogP contribution in [0.2, 0.25) is 5.02 Å². The normalized spacial score (nSPS) is 11.7. The Kier molecular flexibility index (Phi) is 6.34. The minimum absolute atomic E-state index is 0.256. The van der Waals surface area contributed by atoms with Gasteiger partial charge in [-0.2, -0.15) is 0 Å². The van der Waals surface area contributed by atoms with Gasteiger partial charge in [-0.1, -0.05) is 35.9 Å². The summed E-state index contributed by atoms with van der Waals surface area (Å²) in [4.78, 5) is 30.3. The number of halogens is 2. The monoisotopic (exact) mass is 468 g/mol. The molecular weight excluding hydrogens is 451 g/mol. The van der Waals surface area contributed by atoms with Gasteiger partial charge in [0.05, 0.1) is 15.6 Å². The molecule has 0 spiro atoms. The molecular formula is C23H18ClFN4O2S. The summed E-state index contributed by atoms with van der Waals surface area (Å²) in [6, 6.07) is 13.4. The number of imidazole rings is 1. The molecule has 32 heavy (non-hydrogen) atoms. The van der Waals surface area contributed by atoms with E-state index in [4.69, 9.17) is 11.6 Å². The van der Waals surface area contributed by atoms with E-state index >= 15 is 0 Å². The van der Waals surface area contributed by atoms with Crippen molar-refractivity contribution >= 4 is 40.4 Å². The average Bonchev–Trinajstić information content (AvgIpc) is 3.46. The molecule has 0 fully saturated rings. The zero-order chi connectivity index (χ0) is 22.7. The van der Waals surface area contributed by atoms with Crippen LogP contribution in [0.3, 0.4) is 0 Å². The van der Waals surface area contributed by atoms with Crippen molar-refractivity contribution in [2.45, 2.75) is 6.04 Å². The number of thiophene rings is 1. The topological polar surface area (TPSA) is 76.0 Å². The van der Waals surface area contributed by atoms with Crippen molar-refractivity contribution in [1.82, 2.24) is 14.9 Å². The van der Waals surface area contributed by atoms with Crippen LogP contribution in [0.5, 0.6) is 0 Å². The quantitative estimate of drug-likeness (QED) is 0.416. The number of benzene rings is 2. The summed E-state index contributed by atoms with van der Waals surface area (Å²) in [6.45, 7) is 0. The SMILES string of the molecule is Cn1ccnc1C(NC(=O)c1ccc(Cl)c(NC(=O)c2cccs2)c1)c1ccccc1F. The predicted molar refractivity (Wildman–Crippen MR) is 123 cm³/mol. The molecule has 0 saturated carbocycles. The van der Waals surface area contributed by atoms with E-state index in [1.165, 1.54) is 35.6 Å². The molecule has 0 aliphatic carbocycles. The maximum absolute atomic E-state index is 14.6. The van der Waals surface area contributed by atoms with Gasteiger partial charge in [0, 0.05) is 30.6 Å². The lowest BCUT2D eigenvalue weighted by molar-refractivity contribution is 0.0939. The van der Waals surface area contributed by atoms with Crippen LogP contribution in [0, 0.1) is 5.82 Å². The van der Waals surface area contributed by atoms with E-state index in [2.05, 4.69) is 15.6 Å². The largest absolute Gasteiger partial charge is 0.338 e. The average molecular weight is 469 g/mol. The lowest BCUT2D eigenvalue weighted by atomic mass is 10.0. The van der Waals surface area contributed by atoms with Crippen molar-refractivity contribution in [3.63, 3.8) is 0 Å². The molecule has 162 valence electrons. The third kappa shape index (κ3) is 4.56. The fourth-order valence-electron chi connectivity index (χ4n) is 3.21. The van der Waals surface area contributed by atoms with Gasteiger partial charge in [-0.05, 0) is 35.7 Å². The van der Waals surface area contributed by atoms with Gasteiger partial charge in [-0.15, -0.1) is 11.3 Å². The van der Waals surface area contributed by atoms with Crippen LogP contribution in [0.25, 0.3) is 0 Å². The molecule has 2 N–H and O–H groups in total. The zero-order valence-corrected chi connectivity index (χ0v) is 18.5. The second-order valence-corrected chi connectivity index (χ2v) is 8.31. The smallest absolute Gasteiger partial charge is 0.265 e. The molecule has 4 rings (SSSR count). The highest BCUT2D eigenvalue weighted by Crippen LogP contribution is 2.27. The summed E-state index contributed by atoms with van der Waals surface area (Å²) in [6.07, 6.45) is 3.30. The number of nitrogens with one attached hydrogen (secondary N) is 2. The Morgan fingerprint density at radius 2 is 1.94 bits per heavy atom. The van der Waals surface area contributed by atoms with Crippen LogP contribution in [-0.4, -0.2) is 21.4 Å². The number of anilines is 1. The van der Waals surface area contributed by atoms with E-state index in [-0.39, 0.29) is 17.0 Å². The first kappa shape index (κ1) is 21.7. The molecule has 2 heterocycles. The van der Waals surface area contributed by atoms with Crippen molar-refractivity contribution in [2.24, 2.45) is 7.05 Å². The van der Waals surface area contributed by atoms with Crippen LogP contribution < -0.4 is 10.6 Å². The fourth-order valence-corrected chi connectivity index (χ4v) is 4.00. The van der Waals surface area contributed by atoms with Crippen LogP contribution in [0.15, 0.2) is 72.4 Å². The van der Waals surface area contributed by atoms with Gasteiger partial charge in [0.25, 0.3) is 11.8 Å². The number of hydrogen-bond acceptors (Lipinski definition) is 4. The molecule has 6 nitrogen and oxygen atoms in total. The minimum Gasteiger partial charge on any atom is -0.338 e. The summed E-state index contributed by atoms with van der Waals surface area (Å²) in [5.74, 6) is -0.773. The Morgan fingerprint density at radius 1 is 1.12 bits per heavy atom. The number of carbonyl (C=O) groups is 2. The number of nitrogens with zero attached hydrogens (tertiary/aromatic N) is 2. The molecule has 2 aromatic heterocycles. The van der Waals surface area contributed by atoms with Gasteiger partial charge in [0.1, 0.15) is 17.7 Å². The van der Waals surface area contributed by atoms with Gasteiger partial charge in [-0.3, -0.25) is 9.59 Å². The van der Waals surface area contributed by atoms with Crippen molar-refractivity contribution < 1.29 is 14.0 Å². The van der Waals surface area contributed by atoms with Gasteiger partial charge in [-0.25, -0.2) is 9.37 Å². The molecule has 0 bridgehead atoms. The van der Waals surface area contributed by atoms with Crippen LogP contribution in [0.4, 0.5) is 10.1 Å². The van der Waals surface area contributed by atoms with Gasteiger partial charge in [0.2, 0.25) is 0 Å². The first-order valence-electron chi connectivity index (χ1n) is 9.61. The lowest BCUT2D eigenvalue weighted by Crippen LogP contribution is -2.31. The van der Waals surface area contributed by atoms with E-state index in [1.54, 1.807) is 59.7 Å². The Balaban J connectivity index is 1.62. The van der Waals surface area contributed by atoms with Crippen LogP contribution in [0.1, 0.15) is 37.5 Å². The molecule has 0 aliphatic heterocycles. The lowest BCUT2D eigenvalue weighted by Gasteiger charge is -2.20. The van der Waals surface area contributed by atoms with Crippen LogP contribution in [-0.2, 0) is 7.05 Å². The van der Waals surface area contributed by atoms with Crippen LogP contribution >= 0.6 is 22.9 Å². The summed E-state index contributed by atoms with van der Waals surface area (Å²) < 4.78 is 16.3. The predicted octanol–water partition coefficient (Wildman–Crippen LogP) is 5.05. The maximum atomic E-state index is 14.6. The van der Waals surface area contributed by atoms with E-state index in [0.29, 0.717) is 21.4 Å². The number of amides is 2. The van der Waals surface area contributed by atoms with Crippen molar-refractivity contribution in [3.8, 4) is 0 Å². The number of aromatic nitrogens is 2. The van der Waals surface area contributed by atoms with Gasteiger partial charge >= 0.3 is 0 Å². The number of aryl methyl sites for hydroxylation is 1. The third-order valence-electron chi connectivity index (χ3n) is 4.83. The Labute approximate surface area is 192 Å². The first-order valence-corrected chi connectivity index (χ1v) is 10.9. The second kappa shape index (κ2) is 9.33. The molecule has 4 aromatic rings. The summed E-state index contributed by atoms with van der Waals surface area (Å²) in [5, 5.41) is 7.65. The summed E-state index contributed by atoms with van der Waals surface area (Å²) in [5.41, 5.74) is 0.846. The van der Waals surface area contributed by atoms with Gasteiger partial charge < -0.3 is 15.2 Å². The van der Waals surface area contributed by atoms with Crippen molar-refractivity contribution in [2.75, 3.05) is 5.32 Å². The summed E-state index contributed by atoms with van der Waals surface area (Å²) >= 11 is 7.52. The van der Waals surface area contributed by atoms with E-state index in [9.17, 15) is 14.0 Å². The molecule has 2 amide bonds. The fraction of sp³-hybridized carbons (Fsp3) is 0.0870. The molecule has 1 atom stereocenters. The first-order chi connectivity index (χ1) is 15.4.